The number of aromatic nitrogens is 3. The van der Waals surface area contributed by atoms with Crippen molar-refractivity contribution in [1.82, 2.24) is 15.0 Å². The second-order valence-electron chi connectivity index (χ2n) is 4.71. The van der Waals surface area contributed by atoms with Gasteiger partial charge in [-0.3, -0.25) is 0 Å². The third kappa shape index (κ3) is 3.90. The summed E-state index contributed by atoms with van der Waals surface area (Å²) in [4.78, 5) is 13.3. The highest BCUT2D eigenvalue weighted by atomic mass is 35.5. The Morgan fingerprint density at radius 1 is 1.20 bits per heavy atom. The van der Waals surface area contributed by atoms with E-state index in [2.05, 4.69) is 32.6 Å². The van der Waals surface area contributed by atoms with Crippen molar-refractivity contribution in [2.24, 2.45) is 0 Å². The van der Waals surface area contributed by atoms with E-state index < -0.39 is 0 Å². The van der Waals surface area contributed by atoms with Crippen molar-refractivity contribution in [3.05, 3.63) is 32.6 Å². The minimum Gasteiger partial charge on any atom is -0.369 e. The molecular formula is C14H19ClN4S. The van der Waals surface area contributed by atoms with Crippen molar-refractivity contribution in [1.29, 1.82) is 0 Å². The molecule has 6 heteroatoms. The molecule has 0 saturated carbocycles. The van der Waals surface area contributed by atoms with Gasteiger partial charge in [0.2, 0.25) is 0 Å². The number of rotatable bonds is 6. The molecule has 4 nitrogen and oxygen atoms in total. The summed E-state index contributed by atoms with van der Waals surface area (Å²) in [7, 11) is 0. The zero-order valence-electron chi connectivity index (χ0n) is 12.0. The van der Waals surface area contributed by atoms with Gasteiger partial charge < -0.3 is 5.32 Å². The van der Waals surface area contributed by atoms with Gasteiger partial charge in [0.05, 0.1) is 5.01 Å². The normalized spacial score (nSPS) is 10.8. The van der Waals surface area contributed by atoms with Crippen LogP contribution in [0, 0.1) is 13.8 Å². The lowest BCUT2D eigenvalue weighted by molar-refractivity contribution is 0.828. The molecule has 0 radical (unpaired) electrons. The van der Waals surface area contributed by atoms with Gasteiger partial charge in [-0.25, -0.2) is 15.0 Å². The number of nitrogens with one attached hydrogen (secondary N) is 1. The minimum atomic E-state index is 0.538. The Bertz CT molecular complexity index is 583. The van der Waals surface area contributed by atoms with Crippen LogP contribution in [0.15, 0.2) is 5.38 Å². The molecule has 0 aliphatic heterocycles. The first-order valence-corrected chi connectivity index (χ1v) is 8.03. The third-order valence-electron chi connectivity index (χ3n) is 2.90. The van der Waals surface area contributed by atoms with E-state index in [1.807, 2.05) is 13.8 Å². The second kappa shape index (κ2) is 6.99. The van der Waals surface area contributed by atoms with Crippen molar-refractivity contribution in [2.75, 3.05) is 11.9 Å². The molecule has 0 fully saturated rings. The Morgan fingerprint density at radius 2 is 2.00 bits per heavy atom. The Kier molecular flexibility index (Phi) is 5.31. The van der Waals surface area contributed by atoms with Crippen LogP contribution >= 0.6 is 22.9 Å². The number of hydrogen-bond acceptors (Lipinski definition) is 5. The smallest absolute Gasteiger partial charge is 0.137 e. The van der Waals surface area contributed by atoms with Crippen molar-refractivity contribution in [2.45, 2.75) is 40.0 Å². The Balaban J connectivity index is 2.01. The first-order chi connectivity index (χ1) is 9.60. The lowest BCUT2D eigenvalue weighted by Gasteiger charge is -2.10. The molecule has 108 valence electrons. The first kappa shape index (κ1) is 15.2. The van der Waals surface area contributed by atoms with Crippen molar-refractivity contribution in [3.8, 4) is 0 Å². The zero-order valence-corrected chi connectivity index (χ0v) is 13.6. The first-order valence-electron chi connectivity index (χ1n) is 6.78. The van der Waals surface area contributed by atoms with Crippen LogP contribution in [0.2, 0.25) is 5.15 Å². The maximum atomic E-state index is 6.15. The number of halogens is 1. The second-order valence-corrected chi connectivity index (χ2v) is 6.01. The molecule has 0 aliphatic rings. The zero-order chi connectivity index (χ0) is 14.5. The summed E-state index contributed by atoms with van der Waals surface area (Å²) < 4.78 is 0. The molecular weight excluding hydrogens is 292 g/mol. The summed E-state index contributed by atoms with van der Waals surface area (Å²) in [6, 6.07) is 0. The summed E-state index contributed by atoms with van der Waals surface area (Å²) in [5.74, 6) is 1.64. The van der Waals surface area contributed by atoms with Crippen LogP contribution in [0.1, 0.15) is 35.4 Å². The Hall–Kier alpha value is -1.20. The molecule has 2 aromatic rings. The third-order valence-corrected chi connectivity index (χ3v) is 4.30. The topological polar surface area (TPSA) is 50.7 Å². The Morgan fingerprint density at radius 3 is 2.65 bits per heavy atom. The van der Waals surface area contributed by atoms with Gasteiger partial charge in [-0.05, 0) is 20.3 Å². The average molecular weight is 311 g/mol. The van der Waals surface area contributed by atoms with E-state index in [0.29, 0.717) is 5.15 Å². The van der Waals surface area contributed by atoms with Gasteiger partial charge in [0.15, 0.2) is 0 Å². The molecule has 0 aromatic carbocycles. The summed E-state index contributed by atoms with van der Waals surface area (Å²) in [6.45, 7) is 6.86. The maximum absolute atomic E-state index is 6.15. The molecule has 1 N–H and O–H groups in total. The van der Waals surface area contributed by atoms with E-state index in [0.717, 1.165) is 53.7 Å². The van der Waals surface area contributed by atoms with Gasteiger partial charge in [0.1, 0.15) is 16.8 Å². The van der Waals surface area contributed by atoms with Gasteiger partial charge in [-0.1, -0.05) is 18.5 Å². The largest absolute Gasteiger partial charge is 0.369 e. The molecule has 20 heavy (non-hydrogen) atoms. The highest BCUT2D eigenvalue weighted by Gasteiger charge is 2.09. The molecule has 0 aliphatic carbocycles. The highest BCUT2D eigenvalue weighted by Crippen LogP contribution is 2.20. The van der Waals surface area contributed by atoms with Crippen LogP contribution in [0.4, 0.5) is 5.82 Å². The van der Waals surface area contributed by atoms with Gasteiger partial charge in [0.25, 0.3) is 0 Å². The summed E-state index contributed by atoms with van der Waals surface area (Å²) in [6.07, 6.45) is 2.75. The van der Waals surface area contributed by atoms with Crippen molar-refractivity contribution >= 4 is 28.8 Å². The van der Waals surface area contributed by atoms with E-state index in [1.165, 1.54) is 0 Å². The lowest BCUT2D eigenvalue weighted by atomic mass is 10.3. The van der Waals surface area contributed by atoms with Gasteiger partial charge in [0, 0.05) is 36.0 Å². The number of thiazole rings is 1. The molecule has 0 unspecified atom stereocenters. The standard InChI is InChI=1S/C14H19ClN4S/c1-4-5-11-18-13(15)10(3)14(19-11)16-7-6-12-17-9(2)8-20-12/h8H,4-7H2,1-3H3,(H,16,18,19). The van der Waals surface area contributed by atoms with Crippen LogP contribution in [0.5, 0.6) is 0 Å². The van der Waals surface area contributed by atoms with E-state index >= 15 is 0 Å². The van der Waals surface area contributed by atoms with E-state index in [4.69, 9.17) is 11.6 Å². The molecule has 0 bridgehead atoms. The summed E-state index contributed by atoms with van der Waals surface area (Å²) >= 11 is 7.85. The number of nitrogens with zero attached hydrogens (tertiary/aromatic N) is 3. The highest BCUT2D eigenvalue weighted by molar-refractivity contribution is 7.09. The van der Waals surface area contributed by atoms with Gasteiger partial charge in [-0.2, -0.15) is 0 Å². The van der Waals surface area contributed by atoms with Crippen LogP contribution in [-0.4, -0.2) is 21.5 Å². The molecule has 0 saturated heterocycles. The SMILES string of the molecule is CCCc1nc(Cl)c(C)c(NCCc2nc(C)cs2)n1. The van der Waals surface area contributed by atoms with Crippen molar-refractivity contribution in [3.63, 3.8) is 0 Å². The Labute approximate surface area is 128 Å². The number of aryl methyl sites for hydroxylation is 2. The predicted octanol–water partition coefficient (Wildman–Crippen LogP) is 3.81. The molecule has 2 aromatic heterocycles. The van der Waals surface area contributed by atoms with Gasteiger partial charge in [-0.15, -0.1) is 11.3 Å². The molecule has 2 heterocycles. The number of anilines is 1. The quantitative estimate of drug-likeness (QED) is 0.824. The van der Waals surface area contributed by atoms with Crippen LogP contribution < -0.4 is 5.32 Å². The van der Waals surface area contributed by atoms with Gasteiger partial charge >= 0.3 is 0 Å². The molecule has 2 rings (SSSR count). The van der Waals surface area contributed by atoms with Crippen LogP contribution in [0.25, 0.3) is 0 Å². The lowest BCUT2D eigenvalue weighted by Crippen LogP contribution is -2.10. The maximum Gasteiger partial charge on any atom is 0.137 e. The summed E-state index contributed by atoms with van der Waals surface area (Å²) in [5.41, 5.74) is 1.98. The molecule has 0 atom stereocenters. The van der Waals surface area contributed by atoms with E-state index in [1.54, 1.807) is 11.3 Å². The fraction of sp³-hybridized carbons (Fsp3) is 0.500. The number of hydrogen-bond donors (Lipinski definition) is 1. The van der Waals surface area contributed by atoms with E-state index in [9.17, 15) is 0 Å². The monoisotopic (exact) mass is 310 g/mol. The van der Waals surface area contributed by atoms with Crippen LogP contribution in [-0.2, 0) is 12.8 Å². The van der Waals surface area contributed by atoms with E-state index in [-0.39, 0.29) is 0 Å². The predicted molar refractivity (Wildman–Crippen MR) is 84.8 cm³/mol. The average Bonchev–Trinajstić information content (AvgIpc) is 2.81. The molecule has 0 spiro atoms. The molecule has 0 amide bonds. The fourth-order valence-corrected chi connectivity index (χ4v) is 2.81. The fourth-order valence-electron chi connectivity index (χ4n) is 1.85. The van der Waals surface area contributed by atoms with Crippen molar-refractivity contribution < 1.29 is 0 Å². The van der Waals surface area contributed by atoms with Crippen LogP contribution in [0.3, 0.4) is 0 Å². The summed E-state index contributed by atoms with van der Waals surface area (Å²) in [5, 5.41) is 7.09. The minimum absolute atomic E-state index is 0.538.